The zero-order valence-corrected chi connectivity index (χ0v) is 12.5. The molecule has 1 amide bonds. The Morgan fingerprint density at radius 1 is 1.50 bits per heavy atom. The average molecular weight is 294 g/mol. The number of nitrogens with zero attached hydrogens (tertiary/aromatic N) is 4. The lowest BCUT2D eigenvalue weighted by Gasteiger charge is -2.32. The van der Waals surface area contributed by atoms with Crippen molar-refractivity contribution in [3.8, 4) is 0 Å². The zero-order chi connectivity index (χ0) is 15.3. The second-order valence-corrected chi connectivity index (χ2v) is 5.69. The minimum absolute atomic E-state index is 0.00509. The SMILES string of the molecule is Bc1cnc2cc(C(=O)N3CCc4occc4C3C)nn2c1. The van der Waals surface area contributed by atoms with Gasteiger partial charge in [-0.1, -0.05) is 5.46 Å². The molecule has 4 rings (SSSR count). The van der Waals surface area contributed by atoms with Gasteiger partial charge in [-0.25, -0.2) is 9.50 Å². The molecule has 0 fully saturated rings. The fraction of sp³-hybridized carbons (Fsp3) is 0.267. The Labute approximate surface area is 128 Å². The van der Waals surface area contributed by atoms with Crippen molar-refractivity contribution in [2.45, 2.75) is 19.4 Å². The van der Waals surface area contributed by atoms with Crippen LogP contribution in [0.1, 0.15) is 34.8 Å². The van der Waals surface area contributed by atoms with E-state index in [9.17, 15) is 4.79 Å². The molecule has 1 aliphatic heterocycles. The van der Waals surface area contributed by atoms with E-state index in [1.165, 1.54) is 0 Å². The first-order valence-electron chi connectivity index (χ1n) is 7.33. The predicted molar refractivity (Wildman–Crippen MR) is 83.0 cm³/mol. The van der Waals surface area contributed by atoms with Gasteiger partial charge in [0.1, 0.15) is 13.6 Å². The maximum Gasteiger partial charge on any atom is 0.274 e. The first kappa shape index (κ1) is 13.1. The van der Waals surface area contributed by atoms with Crippen LogP contribution in [0.15, 0.2) is 35.2 Å². The lowest BCUT2D eigenvalue weighted by Crippen LogP contribution is -2.38. The molecular formula is C15H15BN4O2. The van der Waals surface area contributed by atoms with Crippen molar-refractivity contribution in [2.24, 2.45) is 0 Å². The molecule has 0 aliphatic carbocycles. The van der Waals surface area contributed by atoms with Crippen LogP contribution in [-0.4, -0.2) is 39.8 Å². The number of rotatable bonds is 1. The van der Waals surface area contributed by atoms with E-state index in [2.05, 4.69) is 10.1 Å². The molecule has 1 aliphatic rings. The van der Waals surface area contributed by atoms with Gasteiger partial charge in [0.25, 0.3) is 5.91 Å². The largest absolute Gasteiger partial charge is 0.469 e. The molecule has 3 aromatic heterocycles. The summed E-state index contributed by atoms with van der Waals surface area (Å²) in [6, 6.07) is 3.67. The van der Waals surface area contributed by atoms with Crippen LogP contribution in [0.2, 0.25) is 0 Å². The summed E-state index contributed by atoms with van der Waals surface area (Å²) in [5.41, 5.74) is 3.20. The number of furan rings is 1. The zero-order valence-electron chi connectivity index (χ0n) is 12.5. The van der Waals surface area contributed by atoms with Crippen molar-refractivity contribution < 1.29 is 9.21 Å². The lowest BCUT2D eigenvalue weighted by molar-refractivity contribution is 0.0664. The third-order valence-electron chi connectivity index (χ3n) is 4.20. The van der Waals surface area contributed by atoms with Crippen LogP contribution in [0, 0.1) is 0 Å². The van der Waals surface area contributed by atoms with Crippen molar-refractivity contribution in [3.63, 3.8) is 0 Å². The monoisotopic (exact) mass is 294 g/mol. The van der Waals surface area contributed by atoms with Gasteiger partial charge in [0, 0.05) is 37.0 Å². The minimum Gasteiger partial charge on any atom is -0.469 e. The summed E-state index contributed by atoms with van der Waals surface area (Å²) in [4.78, 5) is 18.9. The molecule has 1 unspecified atom stereocenters. The number of aromatic nitrogens is 3. The fourth-order valence-corrected chi connectivity index (χ4v) is 3.01. The van der Waals surface area contributed by atoms with Crippen LogP contribution >= 0.6 is 0 Å². The van der Waals surface area contributed by atoms with Crippen molar-refractivity contribution >= 4 is 24.9 Å². The predicted octanol–water partition coefficient (Wildman–Crippen LogP) is 0.340. The topological polar surface area (TPSA) is 63.6 Å². The van der Waals surface area contributed by atoms with E-state index in [1.54, 1.807) is 23.0 Å². The summed E-state index contributed by atoms with van der Waals surface area (Å²) in [5, 5.41) is 4.37. The molecule has 7 heteroatoms. The summed E-state index contributed by atoms with van der Waals surface area (Å²) in [5.74, 6) is 0.909. The smallest absolute Gasteiger partial charge is 0.274 e. The van der Waals surface area contributed by atoms with E-state index in [4.69, 9.17) is 4.42 Å². The highest BCUT2D eigenvalue weighted by Gasteiger charge is 2.31. The molecule has 0 bridgehead atoms. The fourth-order valence-electron chi connectivity index (χ4n) is 3.01. The van der Waals surface area contributed by atoms with Crippen molar-refractivity contribution in [2.75, 3.05) is 6.54 Å². The molecule has 110 valence electrons. The summed E-state index contributed by atoms with van der Waals surface area (Å²) < 4.78 is 7.11. The van der Waals surface area contributed by atoms with E-state index in [0.29, 0.717) is 17.9 Å². The molecule has 0 N–H and O–H groups in total. The first-order chi connectivity index (χ1) is 10.6. The normalized spacial score (nSPS) is 17.7. The van der Waals surface area contributed by atoms with Crippen LogP contribution in [0.5, 0.6) is 0 Å². The second-order valence-electron chi connectivity index (χ2n) is 5.69. The van der Waals surface area contributed by atoms with Gasteiger partial charge < -0.3 is 9.32 Å². The third-order valence-corrected chi connectivity index (χ3v) is 4.20. The van der Waals surface area contributed by atoms with Crippen LogP contribution in [0.3, 0.4) is 0 Å². The van der Waals surface area contributed by atoms with Gasteiger partial charge in [-0.05, 0) is 13.0 Å². The molecule has 0 spiro atoms. The summed E-state index contributed by atoms with van der Waals surface area (Å²) in [6.45, 7) is 2.66. The van der Waals surface area contributed by atoms with Crippen LogP contribution < -0.4 is 5.46 Å². The maximum absolute atomic E-state index is 12.8. The van der Waals surface area contributed by atoms with E-state index in [0.717, 1.165) is 23.2 Å². The van der Waals surface area contributed by atoms with Crippen molar-refractivity contribution in [1.82, 2.24) is 19.5 Å². The molecule has 4 heterocycles. The number of amides is 1. The van der Waals surface area contributed by atoms with Crippen molar-refractivity contribution in [3.05, 3.63) is 47.8 Å². The number of hydrogen-bond donors (Lipinski definition) is 0. The second kappa shape index (κ2) is 4.73. The molecule has 0 saturated heterocycles. The van der Waals surface area contributed by atoms with Gasteiger partial charge in [0.05, 0.1) is 12.3 Å². The lowest BCUT2D eigenvalue weighted by atomic mass is 10.0. The highest BCUT2D eigenvalue weighted by atomic mass is 16.3. The Bertz CT molecular complexity index is 869. The molecule has 0 radical (unpaired) electrons. The van der Waals surface area contributed by atoms with Gasteiger partial charge in [-0.3, -0.25) is 4.79 Å². The van der Waals surface area contributed by atoms with Gasteiger partial charge in [-0.15, -0.1) is 0 Å². The number of hydrogen-bond acceptors (Lipinski definition) is 4. The maximum atomic E-state index is 12.8. The Morgan fingerprint density at radius 3 is 3.23 bits per heavy atom. The van der Waals surface area contributed by atoms with Gasteiger partial charge in [0.15, 0.2) is 11.3 Å². The molecule has 22 heavy (non-hydrogen) atoms. The molecule has 0 saturated carbocycles. The van der Waals surface area contributed by atoms with Crippen LogP contribution in [0.25, 0.3) is 5.65 Å². The minimum atomic E-state index is -0.0671. The summed E-state index contributed by atoms with van der Waals surface area (Å²) in [7, 11) is 1.95. The van der Waals surface area contributed by atoms with E-state index in [-0.39, 0.29) is 11.9 Å². The molecule has 1 atom stereocenters. The standard InChI is InChI=1S/C15H15BN4O2/c1-9-11-3-5-22-13(11)2-4-19(9)15(21)12-6-14-17-7-10(16)8-20(14)18-12/h3,5-9H,2,4,16H2,1H3. The Hall–Kier alpha value is -2.57. The number of carbonyl (C=O) groups is 1. The Morgan fingerprint density at radius 2 is 2.36 bits per heavy atom. The van der Waals surface area contributed by atoms with Crippen LogP contribution in [0.4, 0.5) is 0 Å². The van der Waals surface area contributed by atoms with E-state index < -0.39 is 0 Å². The number of fused-ring (bicyclic) bond motifs is 2. The number of carbonyl (C=O) groups excluding carboxylic acids is 1. The third kappa shape index (κ3) is 1.93. The molecule has 6 nitrogen and oxygen atoms in total. The van der Waals surface area contributed by atoms with Gasteiger partial charge >= 0.3 is 0 Å². The summed E-state index contributed by atoms with van der Waals surface area (Å²) >= 11 is 0. The average Bonchev–Trinajstić information content (AvgIpc) is 3.12. The van der Waals surface area contributed by atoms with Gasteiger partial charge in [-0.2, -0.15) is 5.10 Å². The highest BCUT2D eigenvalue weighted by Crippen LogP contribution is 2.31. The molecular weight excluding hydrogens is 279 g/mol. The van der Waals surface area contributed by atoms with E-state index >= 15 is 0 Å². The van der Waals surface area contributed by atoms with Crippen molar-refractivity contribution in [1.29, 1.82) is 0 Å². The highest BCUT2D eigenvalue weighted by molar-refractivity contribution is 6.31. The molecule has 3 aromatic rings. The Balaban J connectivity index is 1.68. The first-order valence-corrected chi connectivity index (χ1v) is 7.33. The summed E-state index contributed by atoms with van der Waals surface area (Å²) in [6.07, 6.45) is 6.06. The van der Waals surface area contributed by atoms with E-state index in [1.807, 2.05) is 31.9 Å². The van der Waals surface area contributed by atoms with Crippen LogP contribution in [-0.2, 0) is 6.42 Å². The quantitative estimate of drug-likeness (QED) is 0.607. The molecule has 0 aromatic carbocycles. The van der Waals surface area contributed by atoms with Gasteiger partial charge in [0.2, 0.25) is 0 Å². The Kier molecular flexibility index (Phi) is 2.82.